The Morgan fingerprint density at radius 2 is 1.93 bits per heavy atom. The number of sulfonamides is 1. The quantitative estimate of drug-likeness (QED) is 0.824. The van der Waals surface area contributed by atoms with Gasteiger partial charge < -0.3 is 5.32 Å². The number of carbonyl (C=O) groups excluding carboxylic acids is 1. The number of hydrogen-bond donors (Lipinski definition) is 1. The summed E-state index contributed by atoms with van der Waals surface area (Å²) in [5.74, 6) is -0.304. The molecule has 0 saturated carbocycles. The van der Waals surface area contributed by atoms with Gasteiger partial charge in [0.15, 0.2) is 0 Å². The van der Waals surface area contributed by atoms with Gasteiger partial charge in [-0.3, -0.25) is 4.79 Å². The molecule has 1 aliphatic rings. The molecule has 2 aromatic carbocycles. The monoisotopic (exact) mass is 406 g/mol. The summed E-state index contributed by atoms with van der Waals surface area (Å²) in [5, 5.41) is 2.97. The number of amides is 1. The van der Waals surface area contributed by atoms with Gasteiger partial charge in [-0.25, -0.2) is 8.42 Å². The second-order valence-electron chi connectivity index (χ2n) is 6.79. The molecule has 1 amide bonds. The molecule has 2 aromatic rings. The van der Waals surface area contributed by atoms with Crippen LogP contribution in [0.25, 0.3) is 0 Å². The normalized spacial score (nSPS) is 15.8. The lowest BCUT2D eigenvalue weighted by Gasteiger charge is -2.28. The standard InChI is InChI=1S/C20H23ClN2O3S/c1-3-14(2)22-20(24)16-8-9-18(21)19(12-16)27(25,26)23-11-10-15-6-4-5-7-17(15)13-23/h4-9,12,14H,3,10-11,13H2,1-2H3,(H,22,24)/t14-/m1/s1. The van der Waals surface area contributed by atoms with Gasteiger partial charge in [0.1, 0.15) is 4.90 Å². The molecular formula is C20H23ClN2O3S. The van der Waals surface area contributed by atoms with Crippen molar-refractivity contribution in [1.29, 1.82) is 0 Å². The van der Waals surface area contributed by atoms with E-state index in [1.54, 1.807) is 6.07 Å². The Morgan fingerprint density at radius 3 is 2.63 bits per heavy atom. The summed E-state index contributed by atoms with van der Waals surface area (Å²) < 4.78 is 27.8. The number of benzene rings is 2. The molecule has 1 heterocycles. The van der Waals surface area contributed by atoms with E-state index in [0.29, 0.717) is 19.5 Å². The lowest BCUT2D eigenvalue weighted by Crippen LogP contribution is -2.36. The van der Waals surface area contributed by atoms with E-state index >= 15 is 0 Å². The molecule has 0 aromatic heterocycles. The Hall–Kier alpha value is -1.89. The van der Waals surface area contributed by atoms with Gasteiger partial charge in [-0.05, 0) is 49.1 Å². The second-order valence-corrected chi connectivity index (χ2v) is 9.10. The van der Waals surface area contributed by atoms with Crippen LogP contribution in [-0.2, 0) is 23.0 Å². The van der Waals surface area contributed by atoms with Gasteiger partial charge in [0.25, 0.3) is 5.91 Å². The Labute approximate surface area is 165 Å². The minimum Gasteiger partial charge on any atom is -0.350 e. The zero-order chi connectivity index (χ0) is 19.6. The Morgan fingerprint density at radius 1 is 1.22 bits per heavy atom. The molecule has 1 N–H and O–H groups in total. The van der Waals surface area contributed by atoms with Gasteiger partial charge in [-0.1, -0.05) is 42.8 Å². The summed E-state index contributed by atoms with van der Waals surface area (Å²) >= 11 is 6.20. The van der Waals surface area contributed by atoms with Crippen LogP contribution in [0.2, 0.25) is 5.02 Å². The van der Waals surface area contributed by atoms with Crippen molar-refractivity contribution in [3.8, 4) is 0 Å². The van der Waals surface area contributed by atoms with Crippen LogP contribution in [0.5, 0.6) is 0 Å². The molecule has 0 saturated heterocycles. The van der Waals surface area contributed by atoms with Gasteiger partial charge in [-0.2, -0.15) is 4.31 Å². The first-order valence-corrected chi connectivity index (χ1v) is 10.8. The highest BCUT2D eigenvalue weighted by molar-refractivity contribution is 7.89. The first-order valence-electron chi connectivity index (χ1n) is 9.00. The number of hydrogen-bond acceptors (Lipinski definition) is 3. The van der Waals surface area contributed by atoms with E-state index in [9.17, 15) is 13.2 Å². The Kier molecular flexibility index (Phi) is 5.89. The fraction of sp³-hybridized carbons (Fsp3) is 0.350. The molecule has 144 valence electrons. The average molecular weight is 407 g/mol. The first-order chi connectivity index (χ1) is 12.8. The van der Waals surface area contributed by atoms with Crippen LogP contribution >= 0.6 is 11.6 Å². The SMILES string of the molecule is CC[C@@H](C)NC(=O)c1ccc(Cl)c(S(=O)(=O)N2CCc3ccccc3C2)c1. The fourth-order valence-electron chi connectivity index (χ4n) is 3.07. The summed E-state index contributed by atoms with van der Waals surface area (Å²) in [4.78, 5) is 12.4. The number of nitrogens with one attached hydrogen (secondary N) is 1. The summed E-state index contributed by atoms with van der Waals surface area (Å²) in [5.41, 5.74) is 2.45. The van der Waals surface area contributed by atoms with E-state index < -0.39 is 10.0 Å². The smallest absolute Gasteiger partial charge is 0.251 e. The van der Waals surface area contributed by atoms with Crippen molar-refractivity contribution in [2.45, 2.75) is 44.2 Å². The first kappa shape index (κ1) is 19.9. The van der Waals surface area contributed by atoms with Crippen LogP contribution in [0.15, 0.2) is 47.4 Å². The molecule has 0 bridgehead atoms. The summed E-state index contributed by atoms with van der Waals surface area (Å²) in [7, 11) is -3.80. The van der Waals surface area contributed by atoms with E-state index in [0.717, 1.165) is 17.5 Å². The van der Waals surface area contributed by atoms with Crippen molar-refractivity contribution in [2.24, 2.45) is 0 Å². The van der Waals surface area contributed by atoms with Crippen LogP contribution in [0.1, 0.15) is 41.8 Å². The third-order valence-electron chi connectivity index (χ3n) is 4.90. The van der Waals surface area contributed by atoms with Crippen LogP contribution in [0, 0.1) is 0 Å². The van der Waals surface area contributed by atoms with E-state index in [1.807, 2.05) is 38.1 Å². The zero-order valence-electron chi connectivity index (χ0n) is 15.4. The minimum atomic E-state index is -3.80. The lowest BCUT2D eigenvalue weighted by molar-refractivity contribution is 0.0939. The molecule has 0 aliphatic carbocycles. The van der Waals surface area contributed by atoms with Gasteiger partial charge in [-0.15, -0.1) is 0 Å². The number of nitrogens with zero attached hydrogens (tertiary/aromatic N) is 1. The third kappa shape index (κ3) is 4.18. The molecule has 0 fully saturated rings. The molecule has 7 heteroatoms. The molecule has 1 atom stereocenters. The number of halogens is 1. The number of rotatable bonds is 5. The zero-order valence-corrected chi connectivity index (χ0v) is 17.0. The van der Waals surface area contributed by atoms with Crippen LogP contribution in [0.3, 0.4) is 0 Å². The minimum absolute atomic E-state index is 0.00633. The summed E-state index contributed by atoms with van der Waals surface area (Å²) in [6.45, 7) is 4.56. The lowest BCUT2D eigenvalue weighted by atomic mass is 10.0. The second kappa shape index (κ2) is 8.00. The van der Waals surface area contributed by atoms with Gasteiger partial charge in [0.2, 0.25) is 10.0 Å². The highest BCUT2D eigenvalue weighted by Gasteiger charge is 2.30. The topological polar surface area (TPSA) is 66.5 Å². The molecule has 0 radical (unpaired) electrons. The van der Waals surface area contributed by atoms with Gasteiger partial charge in [0, 0.05) is 24.7 Å². The average Bonchev–Trinajstić information content (AvgIpc) is 2.67. The largest absolute Gasteiger partial charge is 0.350 e. The maximum atomic E-state index is 13.2. The van der Waals surface area contributed by atoms with E-state index in [4.69, 9.17) is 11.6 Å². The number of fused-ring (bicyclic) bond motifs is 1. The maximum absolute atomic E-state index is 13.2. The molecule has 3 rings (SSSR count). The van der Waals surface area contributed by atoms with E-state index in [1.165, 1.54) is 16.4 Å². The van der Waals surface area contributed by atoms with Crippen molar-refractivity contribution in [3.63, 3.8) is 0 Å². The molecule has 5 nitrogen and oxygen atoms in total. The Balaban J connectivity index is 1.91. The molecule has 0 spiro atoms. The Bertz CT molecular complexity index is 959. The molecule has 27 heavy (non-hydrogen) atoms. The molecular weight excluding hydrogens is 384 g/mol. The van der Waals surface area contributed by atoms with Gasteiger partial charge >= 0.3 is 0 Å². The van der Waals surface area contributed by atoms with Crippen molar-refractivity contribution < 1.29 is 13.2 Å². The van der Waals surface area contributed by atoms with Gasteiger partial charge in [0.05, 0.1) is 5.02 Å². The fourth-order valence-corrected chi connectivity index (χ4v) is 4.98. The van der Waals surface area contributed by atoms with Crippen molar-refractivity contribution in [2.75, 3.05) is 6.54 Å². The van der Waals surface area contributed by atoms with Crippen LogP contribution in [0.4, 0.5) is 0 Å². The molecule has 1 aliphatic heterocycles. The highest BCUT2D eigenvalue weighted by Crippen LogP contribution is 2.29. The predicted octanol–water partition coefficient (Wildman–Crippen LogP) is 3.62. The van der Waals surface area contributed by atoms with Crippen LogP contribution < -0.4 is 5.32 Å². The molecule has 0 unspecified atom stereocenters. The maximum Gasteiger partial charge on any atom is 0.251 e. The summed E-state index contributed by atoms with van der Waals surface area (Å²) in [6, 6.07) is 12.2. The third-order valence-corrected chi connectivity index (χ3v) is 7.22. The highest BCUT2D eigenvalue weighted by atomic mass is 35.5. The van der Waals surface area contributed by atoms with Crippen molar-refractivity contribution in [1.82, 2.24) is 9.62 Å². The van der Waals surface area contributed by atoms with Crippen molar-refractivity contribution in [3.05, 3.63) is 64.2 Å². The van der Waals surface area contributed by atoms with E-state index in [2.05, 4.69) is 5.32 Å². The predicted molar refractivity (Wildman–Crippen MR) is 106 cm³/mol. The van der Waals surface area contributed by atoms with Crippen molar-refractivity contribution >= 4 is 27.5 Å². The van der Waals surface area contributed by atoms with E-state index in [-0.39, 0.29) is 27.4 Å². The summed E-state index contributed by atoms with van der Waals surface area (Å²) in [6.07, 6.45) is 1.44. The number of carbonyl (C=O) groups is 1. The van der Waals surface area contributed by atoms with Crippen LogP contribution in [-0.4, -0.2) is 31.2 Å².